The summed E-state index contributed by atoms with van der Waals surface area (Å²) in [7, 11) is 0. The third-order valence-corrected chi connectivity index (χ3v) is 4.05. The molecule has 1 saturated heterocycles. The summed E-state index contributed by atoms with van der Waals surface area (Å²) in [6.07, 6.45) is 2.02. The minimum absolute atomic E-state index is 0.111. The molecule has 0 bridgehead atoms. The summed E-state index contributed by atoms with van der Waals surface area (Å²) in [5.41, 5.74) is 1.80. The number of ether oxygens (including phenoxy) is 1. The lowest BCUT2D eigenvalue weighted by Crippen LogP contribution is -2.48. The predicted molar refractivity (Wildman–Crippen MR) is 79.1 cm³/mol. The van der Waals surface area contributed by atoms with E-state index in [0.717, 1.165) is 29.6 Å². The SMILES string of the molecule is C[C@@H]1CN([C@@H](C)C(=O)c2c[nH]c3ccccc23)CCO1. The quantitative estimate of drug-likeness (QED) is 0.873. The van der Waals surface area contributed by atoms with Crippen LogP contribution in [0.15, 0.2) is 30.5 Å². The van der Waals surface area contributed by atoms with E-state index in [0.29, 0.717) is 6.61 Å². The summed E-state index contributed by atoms with van der Waals surface area (Å²) in [5, 5.41) is 1.01. The Kier molecular flexibility index (Phi) is 3.59. The number of nitrogens with one attached hydrogen (secondary N) is 1. The summed E-state index contributed by atoms with van der Waals surface area (Å²) in [6.45, 7) is 6.37. The molecular formula is C16H20N2O2. The molecule has 0 unspecified atom stereocenters. The van der Waals surface area contributed by atoms with Crippen LogP contribution in [-0.4, -0.2) is 47.5 Å². The maximum absolute atomic E-state index is 12.7. The van der Waals surface area contributed by atoms with Crippen molar-refractivity contribution in [1.82, 2.24) is 9.88 Å². The fourth-order valence-electron chi connectivity index (χ4n) is 2.86. The maximum Gasteiger partial charge on any atom is 0.181 e. The first-order chi connectivity index (χ1) is 9.66. The van der Waals surface area contributed by atoms with Crippen molar-refractivity contribution in [3.8, 4) is 0 Å². The number of ketones is 1. The van der Waals surface area contributed by atoms with Crippen molar-refractivity contribution in [2.45, 2.75) is 26.0 Å². The van der Waals surface area contributed by atoms with Gasteiger partial charge in [-0.05, 0) is 19.9 Å². The third kappa shape index (κ3) is 2.37. The minimum Gasteiger partial charge on any atom is -0.376 e. The van der Waals surface area contributed by atoms with Crippen LogP contribution in [0.4, 0.5) is 0 Å². The van der Waals surface area contributed by atoms with Gasteiger partial charge in [0.1, 0.15) is 0 Å². The van der Waals surface area contributed by atoms with Gasteiger partial charge in [0.25, 0.3) is 0 Å². The van der Waals surface area contributed by atoms with Crippen LogP contribution in [-0.2, 0) is 4.74 Å². The highest BCUT2D eigenvalue weighted by atomic mass is 16.5. The first kappa shape index (κ1) is 13.3. The van der Waals surface area contributed by atoms with E-state index in [2.05, 4.69) is 16.8 Å². The van der Waals surface area contributed by atoms with Crippen molar-refractivity contribution < 1.29 is 9.53 Å². The number of fused-ring (bicyclic) bond motifs is 1. The van der Waals surface area contributed by atoms with Gasteiger partial charge in [-0.3, -0.25) is 9.69 Å². The van der Waals surface area contributed by atoms with Gasteiger partial charge in [-0.2, -0.15) is 0 Å². The van der Waals surface area contributed by atoms with Gasteiger partial charge in [-0.1, -0.05) is 18.2 Å². The molecule has 0 radical (unpaired) electrons. The molecule has 106 valence electrons. The average molecular weight is 272 g/mol. The normalized spacial score (nSPS) is 22.0. The number of para-hydroxylation sites is 1. The average Bonchev–Trinajstić information content (AvgIpc) is 2.89. The lowest BCUT2D eigenvalue weighted by atomic mass is 10.0. The maximum atomic E-state index is 12.7. The molecule has 2 aromatic rings. The van der Waals surface area contributed by atoms with Crippen LogP contribution in [0.2, 0.25) is 0 Å². The number of nitrogens with zero attached hydrogens (tertiary/aromatic N) is 1. The van der Waals surface area contributed by atoms with E-state index >= 15 is 0 Å². The molecule has 1 aromatic heterocycles. The fraction of sp³-hybridized carbons (Fsp3) is 0.438. The van der Waals surface area contributed by atoms with Crippen LogP contribution < -0.4 is 0 Å². The number of rotatable bonds is 3. The number of morpholine rings is 1. The molecular weight excluding hydrogens is 252 g/mol. The van der Waals surface area contributed by atoms with Crippen molar-refractivity contribution in [3.63, 3.8) is 0 Å². The molecule has 1 N–H and O–H groups in total. The van der Waals surface area contributed by atoms with Gasteiger partial charge in [0.15, 0.2) is 5.78 Å². The summed E-state index contributed by atoms with van der Waals surface area (Å²) >= 11 is 0. The van der Waals surface area contributed by atoms with Crippen molar-refractivity contribution in [1.29, 1.82) is 0 Å². The number of carbonyl (C=O) groups excluding carboxylic acids is 1. The van der Waals surface area contributed by atoms with Crippen LogP contribution in [0.1, 0.15) is 24.2 Å². The van der Waals surface area contributed by atoms with E-state index in [1.54, 1.807) is 0 Å². The van der Waals surface area contributed by atoms with E-state index < -0.39 is 0 Å². The van der Waals surface area contributed by atoms with Crippen LogP contribution in [0.3, 0.4) is 0 Å². The molecule has 2 heterocycles. The molecule has 4 heteroatoms. The van der Waals surface area contributed by atoms with Gasteiger partial charge in [0.05, 0.1) is 18.8 Å². The largest absolute Gasteiger partial charge is 0.376 e. The number of benzene rings is 1. The molecule has 4 nitrogen and oxygen atoms in total. The Morgan fingerprint density at radius 2 is 2.25 bits per heavy atom. The summed E-state index contributed by atoms with van der Waals surface area (Å²) in [4.78, 5) is 18.1. The highest BCUT2D eigenvalue weighted by Gasteiger charge is 2.27. The van der Waals surface area contributed by atoms with Crippen molar-refractivity contribution >= 4 is 16.7 Å². The second-order valence-electron chi connectivity index (χ2n) is 5.46. The van der Waals surface area contributed by atoms with E-state index in [-0.39, 0.29) is 17.9 Å². The molecule has 2 atom stereocenters. The zero-order chi connectivity index (χ0) is 14.1. The zero-order valence-corrected chi connectivity index (χ0v) is 11.9. The second-order valence-corrected chi connectivity index (χ2v) is 5.46. The number of H-pyrrole nitrogens is 1. The monoisotopic (exact) mass is 272 g/mol. The third-order valence-electron chi connectivity index (χ3n) is 4.05. The minimum atomic E-state index is -0.111. The molecule has 1 aliphatic rings. The molecule has 0 amide bonds. The molecule has 0 spiro atoms. The topological polar surface area (TPSA) is 45.3 Å². The van der Waals surface area contributed by atoms with Crippen molar-refractivity contribution in [2.24, 2.45) is 0 Å². The van der Waals surface area contributed by atoms with Crippen molar-refractivity contribution in [2.75, 3.05) is 19.7 Å². The second kappa shape index (κ2) is 5.38. The number of hydrogen-bond donors (Lipinski definition) is 1. The Balaban J connectivity index is 1.84. The smallest absolute Gasteiger partial charge is 0.181 e. The molecule has 1 aromatic carbocycles. The predicted octanol–water partition coefficient (Wildman–Crippen LogP) is 2.46. The van der Waals surface area contributed by atoms with Crippen LogP contribution in [0.25, 0.3) is 10.9 Å². The van der Waals surface area contributed by atoms with Crippen LogP contribution >= 0.6 is 0 Å². The number of carbonyl (C=O) groups is 1. The van der Waals surface area contributed by atoms with Gasteiger partial charge in [0.2, 0.25) is 0 Å². The van der Waals surface area contributed by atoms with Gasteiger partial charge in [-0.25, -0.2) is 0 Å². The number of aromatic amines is 1. The number of aromatic nitrogens is 1. The molecule has 1 aliphatic heterocycles. The Morgan fingerprint density at radius 3 is 3.05 bits per heavy atom. The van der Waals surface area contributed by atoms with E-state index in [9.17, 15) is 4.79 Å². The van der Waals surface area contributed by atoms with E-state index in [1.165, 1.54) is 0 Å². The first-order valence-corrected chi connectivity index (χ1v) is 7.13. The Hall–Kier alpha value is -1.65. The van der Waals surface area contributed by atoms with Gasteiger partial charge in [-0.15, -0.1) is 0 Å². The molecule has 0 aliphatic carbocycles. The molecule has 3 rings (SSSR count). The standard InChI is InChI=1S/C16H20N2O2/c1-11-10-18(7-8-20-11)12(2)16(19)14-9-17-15-6-4-3-5-13(14)15/h3-6,9,11-12,17H,7-8,10H2,1-2H3/t11-,12+/m1/s1. The highest BCUT2D eigenvalue weighted by molar-refractivity contribution is 6.10. The van der Waals surface area contributed by atoms with Gasteiger partial charge < -0.3 is 9.72 Å². The first-order valence-electron chi connectivity index (χ1n) is 7.13. The van der Waals surface area contributed by atoms with Gasteiger partial charge >= 0.3 is 0 Å². The molecule has 20 heavy (non-hydrogen) atoms. The van der Waals surface area contributed by atoms with Crippen LogP contribution in [0.5, 0.6) is 0 Å². The lowest BCUT2D eigenvalue weighted by molar-refractivity contribution is -0.0277. The van der Waals surface area contributed by atoms with Crippen molar-refractivity contribution in [3.05, 3.63) is 36.0 Å². The highest BCUT2D eigenvalue weighted by Crippen LogP contribution is 2.21. The summed E-state index contributed by atoms with van der Waals surface area (Å²) < 4.78 is 5.54. The number of Topliss-reactive ketones (excluding diaryl/α,β-unsaturated/α-hetero) is 1. The zero-order valence-electron chi connectivity index (χ0n) is 11.9. The molecule has 1 fully saturated rings. The Morgan fingerprint density at radius 1 is 1.45 bits per heavy atom. The number of hydrogen-bond acceptors (Lipinski definition) is 3. The van der Waals surface area contributed by atoms with E-state index in [4.69, 9.17) is 4.74 Å². The summed E-state index contributed by atoms with van der Waals surface area (Å²) in [5.74, 6) is 0.177. The lowest BCUT2D eigenvalue weighted by Gasteiger charge is -2.34. The summed E-state index contributed by atoms with van der Waals surface area (Å²) in [6, 6.07) is 7.82. The fourth-order valence-corrected chi connectivity index (χ4v) is 2.86. The molecule has 0 saturated carbocycles. The van der Waals surface area contributed by atoms with E-state index in [1.807, 2.05) is 37.4 Å². The Bertz CT molecular complexity index is 620. The Labute approximate surface area is 118 Å². The van der Waals surface area contributed by atoms with Crippen LogP contribution in [0, 0.1) is 0 Å². The van der Waals surface area contributed by atoms with Gasteiger partial charge in [0, 0.05) is 35.8 Å².